The molecule has 0 aliphatic carbocycles. The average molecular weight is 229 g/mol. The van der Waals surface area contributed by atoms with Crippen LogP contribution in [-0.2, 0) is 10.1 Å². The second-order valence-electron chi connectivity index (χ2n) is 3.44. The smallest absolute Gasteiger partial charge is 0.264 e. The second-order valence-corrected chi connectivity index (χ2v) is 5.01. The van der Waals surface area contributed by atoms with Gasteiger partial charge in [-0.25, -0.2) is 0 Å². The normalized spacial score (nSPS) is 11.3. The predicted octanol–water partition coefficient (Wildman–Crippen LogP) is 1.68. The number of benzene rings is 1. The molecular weight excluding hydrogens is 214 g/mol. The zero-order chi connectivity index (χ0) is 11.3. The van der Waals surface area contributed by atoms with Crippen LogP contribution >= 0.6 is 0 Å². The van der Waals surface area contributed by atoms with Crippen LogP contribution < -0.4 is 5.32 Å². The third kappa shape index (κ3) is 5.39. The van der Waals surface area contributed by atoms with Crippen molar-refractivity contribution < 1.29 is 13.0 Å². The van der Waals surface area contributed by atoms with Crippen LogP contribution in [0.3, 0.4) is 0 Å². The minimum absolute atomic E-state index is 0.203. The van der Waals surface area contributed by atoms with Crippen molar-refractivity contribution in [1.82, 2.24) is 0 Å². The molecule has 0 unspecified atom stereocenters. The molecule has 5 heteroatoms. The van der Waals surface area contributed by atoms with Gasteiger partial charge in [0, 0.05) is 12.2 Å². The molecule has 0 saturated carbocycles. The Labute approximate surface area is 90.1 Å². The van der Waals surface area contributed by atoms with Gasteiger partial charge in [0.05, 0.1) is 5.75 Å². The van der Waals surface area contributed by atoms with Gasteiger partial charge in [-0.2, -0.15) is 8.42 Å². The topological polar surface area (TPSA) is 66.4 Å². The molecule has 15 heavy (non-hydrogen) atoms. The Bertz CT molecular complexity index is 414. The number of hydrogen-bond donors (Lipinski definition) is 2. The van der Waals surface area contributed by atoms with Gasteiger partial charge in [0.25, 0.3) is 10.1 Å². The molecule has 1 rings (SSSR count). The van der Waals surface area contributed by atoms with Gasteiger partial charge >= 0.3 is 0 Å². The summed E-state index contributed by atoms with van der Waals surface area (Å²) in [6.45, 7) is 2.52. The van der Waals surface area contributed by atoms with E-state index in [-0.39, 0.29) is 5.75 Å². The molecule has 0 aliphatic heterocycles. The van der Waals surface area contributed by atoms with E-state index in [1.54, 1.807) is 0 Å². The molecule has 0 heterocycles. The zero-order valence-corrected chi connectivity index (χ0v) is 9.42. The lowest BCUT2D eigenvalue weighted by molar-refractivity contribution is 0.481. The first kappa shape index (κ1) is 12.0. The SMILES string of the molecule is Cc1cccc(NCCCS(=O)(=O)O)c1. The Morgan fingerprint density at radius 1 is 1.40 bits per heavy atom. The lowest BCUT2D eigenvalue weighted by Crippen LogP contribution is -2.10. The number of anilines is 1. The van der Waals surface area contributed by atoms with Crippen LogP contribution in [0.25, 0.3) is 0 Å². The van der Waals surface area contributed by atoms with Crippen molar-refractivity contribution >= 4 is 15.8 Å². The Kier molecular flexibility index (Phi) is 4.11. The van der Waals surface area contributed by atoms with Gasteiger partial charge in [-0.1, -0.05) is 12.1 Å². The molecular formula is C10H15NO3S. The highest BCUT2D eigenvalue weighted by Gasteiger charge is 2.02. The highest BCUT2D eigenvalue weighted by atomic mass is 32.2. The van der Waals surface area contributed by atoms with Gasteiger partial charge in [0.1, 0.15) is 0 Å². The minimum atomic E-state index is -3.83. The van der Waals surface area contributed by atoms with E-state index in [1.165, 1.54) is 0 Å². The fourth-order valence-corrected chi connectivity index (χ4v) is 1.75. The van der Waals surface area contributed by atoms with Crippen LogP contribution in [0.15, 0.2) is 24.3 Å². The summed E-state index contributed by atoms with van der Waals surface area (Å²) in [7, 11) is -3.83. The van der Waals surface area contributed by atoms with Crippen LogP contribution in [0, 0.1) is 6.92 Å². The fourth-order valence-electron chi connectivity index (χ4n) is 1.24. The van der Waals surface area contributed by atoms with E-state index in [2.05, 4.69) is 5.32 Å². The molecule has 0 saturated heterocycles. The number of nitrogens with one attached hydrogen (secondary N) is 1. The number of aryl methyl sites for hydroxylation is 1. The van der Waals surface area contributed by atoms with E-state index < -0.39 is 10.1 Å². The van der Waals surface area contributed by atoms with Crippen molar-refractivity contribution in [3.8, 4) is 0 Å². The van der Waals surface area contributed by atoms with Crippen molar-refractivity contribution in [2.75, 3.05) is 17.6 Å². The highest BCUT2D eigenvalue weighted by Crippen LogP contribution is 2.09. The van der Waals surface area contributed by atoms with Crippen LogP contribution in [0.4, 0.5) is 5.69 Å². The zero-order valence-electron chi connectivity index (χ0n) is 8.60. The minimum Gasteiger partial charge on any atom is -0.385 e. The molecule has 0 aliphatic rings. The Hall–Kier alpha value is -1.07. The Morgan fingerprint density at radius 2 is 2.13 bits per heavy atom. The quantitative estimate of drug-likeness (QED) is 0.595. The van der Waals surface area contributed by atoms with Crippen molar-refractivity contribution in [2.24, 2.45) is 0 Å². The molecule has 0 aromatic heterocycles. The summed E-state index contributed by atoms with van der Waals surface area (Å²) < 4.78 is 29.4. The van der Waals surface area contributed by atoms with Crippen molar-refractivity contribution in [2.45, 2.75) is 13.3 Å². The largest absolute Gasteiger partial charge is 0.385 e. The lowest BCUT2D eigenvalue weighted by atomic mass is 10.2. The van der Waals surface area contributed by atoms with Crippen LogP contribution in [0.5, 0.6) is 0 Å². The van der Waals surface area contributed by atoms with E-state index in [0.717, 1.165) is 11.3 Å². The molecule has 0 bridgehead atoms. The van der Waals surface area contributed by atoms with Gasteiger partial charge in [0.2, 0.25) is 0 Å². The lowest BCUT2D eigenvalue weighted by Gasteiger charge is -2.05. The number of rotatable bonds is 5. The summed E-state index contributed by atoms with van der Waals surface area (Å²) in [5.74, 6) is -0.203. The molecule has 0 amide bonds. The molecule has 1 aromatic rings. The summed E-state index contributed by atoms with van der Waals surface area (Å²) in [4.78, 5) is 0. The molecule has 0 spiro atoms. The van der Waals surface area contributed by atoms with E-state index in [9.17, 15) is 8.42 Å². The van der Waals surface area contributed by atoms with Crippen molar-refractivity contribution in [1.29, 1.82) is 0 Å². The number of hydrogen-bond acceptors (Lipinski definition) is 3. The maximum Gasteiger partial charge on any atom is 0.264 e. The monoisotopic (exact) mass is 229 g/mol. The second kappa shape index (κ2) is 5.14. The first-order valence-corrected chi connectivity index (χ1v) is 6.34. The maximum absolute atomic E-state index is 10.4. The van der Waals surface area contributed by atoms with E-state index in [1.807, 2.05) is 31.2 Å². The van der Waals surface area contributed by atoms with Gasteiger partial charge < -0.3 is 5.32 Å². The van der Waals surface area contributed by atoms with E-state index >= 15 is 0 Å². The van der Waals surface area contributed by atoms with E-state index in [0.29, 0.717) is 13.0 Å². The molecule has 4 nitrogen and oxygen atoms in total. The summed E-state index contributed by atoms with van der Waals surface area (Å²) in [5.41, 5.74) is 2.11. The summed E-state index contributed by atoms with van der Waals surface area (Å²) in [5, 5.41) is 3.08. The van der Waals surface area contributed by atoms with Crippen LogP contribution in [-0.4, -0.2) is 25.3 Å². The highest BCUT2D eigenvalue weighted by molar-refractivity contribution is 7.85. The molecule has 0 fully saturated rings. The first-order valence-electron chi connectivity index (χ1n) is 4.73. The van der Waals surface area contributed by atoms with Crippen molar-refractivity contribution in [3.05, 3.63) is 29.8 Å². The molecule has 2 N–H and O–H groups in total. The van der Waals surface area contributed by atoms with Crippen LogP contribution in [0.1, 0.15) is 12.0 Å². The van der Waals surface area contributed by atoms with Gasteiger partial charge in [-0.15, -0.1) is 0 Å². The van der Waals surface area contributed by atoms with Crippen LogP contribution in [0.2, 0.25) is 0 Å². The Balaban J connectivity index is 2.32. The third-order valence-electron chi connectivity index (χ3n) is 1.93. The molecule has 0 atom stereocenters. The van der Waals surface area contributed by atoms with Crippen molar-refractivity contribution in [3.63, 3.8) is 0 Å². The first-order chi connectivity index (χ1) is 6.97. The Morgan fingerprint density at radius 3 is 2.73 bits per heavy atom. The molecule has 84 valence electrons. The standard InChI is InChI=1S/C10H15NO3S/c1-9-4-2-5-10(8-9)11-6-3-7-15(12,13)14/h2,4-5,8,11H,3,6-7H2,1H3,(H,12,13,14). The van der Waals surface area contributed by atoms with Gasteiger partial charge in [0.15, 0.2) is 0 Å². The van der Waals surface area contributed by atoms with Gasteiger partial charge in [-0.3, -0.25) is 4.55 Å². The fraction of sp³-hybridized carbons (Fsp3) is 0.400. The third-order valence-corrected chi connectivity index (χ3v) is 2.73. The van der Waals surface area contributed by atoms with Gasteiger partial charge in [-0.05, 0) is 31.0 Å². The predicted molar refractivity (Wildman–Crippen MR) is 60.7 cm³/mol. The summed E-state index contributed by atoms with van der Waals surface area (Å²) in [6, 6.07) is 7.82. The molecule has 0 radical (unpaired) electrons. The summed E-state index contributed by atoms with van der Waals surface area (Å²) >= 11 is 0. The van der Waals surface area contributed by atoms with E-state index in [4.69, 9.17) is 4.55 Å². The maximum atomic E-state index is 10.4. The average Bonchev–Trinajstić information content (AvgIpc) is 2.11. The molecule has 1 aromatic carbocycles. The summed E-state index contributed by atoms with van der Waals surface area (Å²) in [6.07, 6.45) is 0.396.